The molecule has 0 atom stereocenters. The van der Waals surface area contributed by atoms with E-state index in [2.05, 4.69) is 17.0 Å². The Bertz CT molecular complexity index is 866. The van der Waals surface area contributed by atoms with Crippen LogP contribution in [0.3, 0.4) is 0 Å². The van der Waals surface area contributed by atoms with Gasteiger partial charge in [0.05, 0.1) is 17.9 Å². The minimum absolute atomic E-state index is 0.105. The fourth-order valence-corrected chi connectivity index (χ4v) is 3.53. The molecule has 1 aromatic carbocycles. The Labute approximate surface area is 152 Å². The average molecular weight is 350 g/mol. The third-order valence-corrected chi connectivity index (χ3v) is 5.21. The van der Waals surface area contributed by atoms with Gasteiger partial charge in [-0.15, -0.1) is 0 Å². The van der Waals surface area contributed by atoms with Gasteiger partial charge >= 0.3 is 0 Å². The van der Waals surface area contributed by atoms with Gasteiger partial charge in [0.2, 0.25) is 5.91 Å². The molecule has 2 aromatic rings. The van der Waals surface area contributed by atoms with Crippen molar-refractivity contribution in [2.75, 3.05) is 16.8 Å². The zero-order valence-electron chi connectivity index (χ0n) is 14.6. The molecule has 0 unspecified atom stereocenters. The van der Waals surface area contributed by atoms with Crippen molar-refractivity contribution in [3.8, 4) is 0 Å². The van der Waals surface area contributed by atoms with Crippen molar-refractivity contribution < 1.29 is 9.59 Å². The van der Waals surface area contributed by atoms with E-state index in [-0.39, 0.29) is 11.8 Å². The lowest BCUT2D eigenvalue weighted by molar-refractivity contribution is -0.114. The van der Waals surface area contributed by atoms with E-state index in [4.69, 9.17) is 0 Å². The highest BCUT2D eigenvalue weighted by Crippen LogP contribution is 2.32. The van der Waals surface area contributed by atoms with E-state index in [1.165, 1.54) is 12.5 Å². The molecule has 134 valence electrons. The number of rotatable bonds is 4. The number of amides is 2. The molecule has 6 heteroatoms. The summed E-state index contributed by atoms with van der Waals surface area (Å²) in [6.45, 7) is 4.25. The molecule has 2 heterocycles. The summed E-state index contributed by atoms with van der Waals surface area (Å²) in [5, 5.41) is 7.26. The quantitative estimate of drug-likeness (QED) is 0.860. The van der Waals surface area contributed by atoms with Gasteiger partial charge in [-0.25, -0.2) is 0 Å². The first-order valence-electron chi connectivity index (χ1n) is 9.08. The van der Waals surface area contributed by atoms with Crippen LogP contribution in [0.15, 0.2) is 43.2 Å². The van der Waals surface area contributed by atoms with Crippen molar-refractivity contribution in [2.24, 2.45) is 0 Å². The fraction of sp³-hybridized carbons (Fsp3) is 0.350. The fourth-order valence-electron chi connectivity index (χ4n) is 3.53. The second-order valence-corrected chi connectivity index (χ2v) is 6.89. The Kier molecular flexibility index (Phi) is 4.32. The van der Waals surface area contributed by atoms with Crippen LogP contribution in [-0.4, -0.2) is 28.1 Å². The minimum atomic E-state index is -0.159. The van der Waals surface area contributed by atoms with E-state index in [1.807, 2.05) is 23.0 Å². The van der Waals surface area contributed by atoms with Crippen molar-refractivity contribution >= 4 is 23.2 Å². The predicted molar refractivity (Wildman–Crippen MR) is 100 cm³/mol. The summed E-state index contributed by atoms with van der Waals surface area (Å²) in [6, 6.07) is 5.96. The monoisotopic (exact) mass is 350 g/mol. The molecule has 1 fully saturated rings. The molecule has 1 saturated carbocycles. The van der Waals surface area contributed by atoms with Crippen molar-refractivity contribution in [2.45, 2.75) is 38.1 Å². The summed E-state index contributed by atoms with van der Waals surface area (Å²) in [7, 11) is 0. The number of fused-ring (bicyclic) bond motifs is 1. The first-order chi connectivity index (χ1) is 12.7. The van der Waals surface area contributed by atoms with Crippen LogP contribution < -0.4 is 10.2 Å². The van der Waals surface area contributed by atoms with Crippen LogP contribution in [0.2, 0.25) is 0 Å². The number of carbonyl (C=O) groups excluding carboxylic acids is 2. The Hall–Kier alpha value is -2.89. The number of nitrogens with one attached hydrogen (secondary N) is 1. The summed E-state index contributed by atoms with van der Waals surface area (Å²) in [5.41, 5.74) is 3.19. The van der Waals surface area contributed by atoms with Crippen LogP contribution in [0.25, 0.3) is 0 Å². The first kappa shape index (κ1) is 16.6. The van der Waals surface area contributed by atoms with E-state index in [0.29, 0.717) is 23.8 Å². The van der Waals surface area contributed by atoms with Gasteiger partial charge < -0.3 is 10.2 Å². The molecule has 1 N–H and O–H groups in total. The van der Waals surface area contributed by atoms with Gasteiger partial charge in [-0.2, -0.15) is 5.10 Å². The van der Waals surface area contributed by atoms with Crippen LogP contribution >= 0.6 is 0 Å². The van der Waals surface area contributed by atoms with Gasteiger partial charge in [0.25, 0.3) is 5.91 Å². The van der Waals surface area contributed by atoms with Crippen LogP contribution in [0, 0.1) is 0 Å². The normalized spacial score (nSPS) is 16.5. The average Bonchev–Trinajstić information content (AvgIpc) is 3.06. The van der Waals surface area contributed by atoms with Crippen LogP contribution in [0.1, 0.15) is 47.6 Å². The second kappa shape index (κ2) is 6.78. The first-order valence-corrected chi connectivity index (χ1v) is 9.08. The number of nitrogens with zero attached hydrogens (tertiary/aromatic N) is 3. The van der Waals surface area contributed by atoms with Gasteiger partial charge in [0, 0.05) is 24.0 Å². The van der Waals surface area contributed by atoms with Crippen molar-refractivity contribution in [3.05, 3.63) is 54.4 Å². The number of anilines is 2. The van der Waals surface area contributed by atoms with Crippen molar-refractivity contribution in [1.29, 1.82) is 0 Å². The lowest BCUT2D eigenvalue weighted by Crippen LogP contribution is -2.34. The van der Waals surface area contributed by atoms with Gasteiger partial charge in [0.15, 0.2) is 0 Å². The maximum Gasteiger partial charge on any atom is 0.255 e. The van der Waals surface area contributed by atoms with Crippen LogP contribution in [0.4, 0.5) is 11.4 Å². The highest BCUT2D eigenvalue weighted by Gasteiger charge is 2.23. The Morgan fingerprint density at radius 3 is 2.85 bits per heavy atom. The highest BCUT2D eigenvalue weighted by atomic mass is 16.2. The predicted octanol–water partition coefficient (Wildman–Crippen LogP) is 3.33. The molecule has 1 aliphatic carbocycles. The van der Waals surface area contributed by atoms with Gasteiger partial charge in [0.1, 0.15) is 0 Å². The summed E-state index contributed by atoms with van der Waals surface area (Å²) in [4.78, 5) is 26.3. The highest BCUT2D eigenvalue weighted by molar-refractivity contribution is 6.06. The molecular formula is C20H22N4O2. The Morgan fingerprint density at radius 1 is 1.27 bits per heavy atom. The summed E-state index contributed by atoms with van der Waals surface area (Å²) in [5.74, 6) is -0.264. The number of carbonyl (C=O) groups is 2. The van der Waals surface area contributed by atoms with E-state index >= 15 is 0 Å². The van der Waals surface area contributed by atoms with E-state index in [1.54, 1.807) is 17.2 Å². The standard InChI is InChI=1S/C20H22N4O2/c1-2-19(25)23-10-4-5-14-11-15(8-9-18(14)23)20(26)22-16-12-21-24(13-16)17-6-3-7-17/h2,8-9,11-13,17H,1,3-7,10H2,(H,22,26). The summed E-state index contributed by atoms with van der Waals surface area (Å²) >= 11 is 0. The molecular weight excluding hydrogens is 328 g/mol. The van der Waals surface area contributed by atoms with Gasteiger partial charge in [-0.3, -0.25) is 14.3 Å². The molecule has 2 amide bonds. The molecule has 0 saturated heterocycles. The number of benzene rings is 1. The molecule has 26 heavy (non-hydrogen) atoms. The van der Waals surface area contributed by atoms with Gasteiger partial charge in [-0.1, -0.05) is 6.58 Å². The lowest BCUT2D eigenvalue weighted by Gasteiger charge is -2.28. The van der Waals surface area contributed by atoms with E-state index in [9.17, 15) is 9.59 Å². The number of aromatic nitrogens is 2. The zero-order valence-corrected chi connectivity index (χ0v) is 14.6. The summed E-state index contributed by atoms with van der Waals surface area (Å²) < 4.78 is 1.94. The third-order valence-electron chi connectivity index (χ3n) is 5.21. The van der Waals surface area contributed by atoms with Crippen LogP contribution in [0.5, 0.6) is 0 Å². The number of hydrogen-bond acceptors (Lipinski definition) is 3. The number of aryl methyl sites for hydroxylation is 1. The van der Waals surface area contributed by atoms with Crippen LogP contribution in [-0.2, 0) is 11.2 Å². The van der Waals surface area contributed by atoms with Crippen molar-refractivity contribution in [3.63, 3.8) is 0 Å². The SMILES string of the molecule is C=CC(=O)N1CCCc2cc(C(=O)Nc3cnn(C4CCC4)c3)ccc21. The molecule has 1 aromatic heterocycles. The largest absolute Gasteiger partial charge is 0.319 e. The Balaban J connectivity index is 1.50. The molecule has 0 bridgehead atoms. The van der Waals surface area contributed by atoms with E-state index < -0.39 is 0 Å². The maximum atomic E-state index is 12.6. The molecule has 0 spiro atoms. The molecule has 1 aliphatic heterocycles. The van der Waals surface area contributed by atoms with Crippen molar-refractivity contribution in [1.82, 2.24) is 9.78 Å². The third kappa shape index (κ3) is 3.03. The number of hydrogen-bond donors (Lipinski definition) is 1. The Morgan fingerprint density at radius 2 is 2.12 bits per heavy atom. The smallest absolute Gasteiger partial charge is 0.255 e. The lowest BCUT2D eigenvalue weighted by atomic mass is 9.93. The molecule has 0 radical (unpaired) electrons. The molecule has 2 aliphatic rings. The van der Waals surface area contributed by atoms with Gasteiger partial charge in [-0.05, 0) is 61.9 Å². The minimum Gasteiger partial charge on any atom is -0.319 e. The topological polar surface area (TPSA) is 67.2 Å². The molecule has 6 nitrogen and oxygen atoms in total. The second-order valence-electron chi connectivity index (χ2n) is 6.89. The zero-order chi connectivity index (χ0) is 18.1. The van der Waals surface area contributed by atoms with E-state index in [0.717, 1.165) is 36.9 Å². The maximum absolute atomic E-state index is 12.6. The molecule has 4 rings (SSSR count). The summed E-state index contributed by atoms with van der Waals surface area (Å²) in [6.07, 6.45) is 10.2.